The van der Waals surface area contributed by atoms with E-state index in [9.17, 15) is 4.79 Å². The molecule has 1 heterocycles. The molecule has 28 heavy (non-hydrogen) atoms. The Kier molecular flexibility index (Phi) is 10.8. The Morgan fingerprint density at radius 3 is 1.96 bits per heavy atom. The molecule has 0 bridgehead atoms. The fraction of sp³-hybridized carbons (Fsp3) is 0.458. The average Bonchev–Trinajstić information content (AvgIpc) is 2.72. The molecule has 1 aliphatic heterocycles. The van der Waals surface area contributed by atoms with Gasteiger partial charge in [0.2, 0.25) is 0 Å². The van der Waals surface area contributed by atoms with Crippen molar-refractivity contribution >= 4 is 24.3 Å². The molecule has 2 aromatic carbocycles. The minimum absolute atomic E-state index is 0.130. The minimum atomic E-state index is 0.130. The van der Waals surface area contributed by atoms with Crippen molar-refractivity contribution < 1.29 is 4.79 Å². The summed E-state index contributed by atoms with van der Waals surface area (Å²) in [6.45, 7) is 12.0. The van der Waals surface area contributed by atoms with Crippen molar-refractivity contribution in [3.63, 3.8) is 0 Å². The Balaban J connectivity index is 0.000000921. The van der Waals surface area contributed by atoms with Crippen molar-refractivity contribution in [2.75, 3.05) is 24.4 Å². The number of hydrogen-bond acceptors (Lipinski definition) is 2. The molecular weight excluding hydrogens is 364 g/mol. The van der Waals surface area contributed by atoms with Crippen LogP contribution in [0.5, 0.6) is 0 Å². The lowest BCUT2D eigenvalue weighted by atomic mass is 10.0. The first-order chi connectivity index (χ1) is 13.6. The second kappa shape index (κ2) is 12.5. The molecule has 2 aromatic rings. The number of unbranched alkanes of at least 4 members (excludes halogenated alkanes) is 2. The molecule has 0 N–H and O–H groups in total. The van der Waals surface area contributed by atoms with Gasteiger partial charge in [0.1, 0.15) is 6.67 Å². The molecular formula is C24H36N2OS. The summed E-state index contributed by atoms with van der Waals surface area (Å²) in [6.07, 6.45) is 5.17. The summed E-state index contributed by atoms with van der Waals surface area (Å²) in [5.41, 5.74) is 5.96. The van der Waals surface area contributed by atoms with Crippen molar-refractivity contribution in [3.8, 4) is 11.1 Å². The van der Waals surface area contributed by atoms with Gasteiger partial charge in [-0.05, 0) is 49.8 Å². The third-order valence-electron chi connectivity index (χ3n) is 4.58. The predicted molar refractivity (Wildman–Crippen MR) is 127 cm³/mol. The van der Waals surface area contributed by atoms with Crippen molar-refractivity contribution in [1.82, 2.24) is 4.90 Å². The van der Waals surface area contributed by atoms with E-state index in [1.54, 1.807) is 6.26 Å². The Bertz CT molecular complexity index is 708. The molecule has 2 amide bonds. The van der Waals surface area contributed by atoms with Crippen molar-refractivity contribution in [2.24, 2.45) is 0 Å². The zero-order chi connectivity index (χ0) is 21.1. The standard InChI is InChI=1S/C21H26N2O.C2H6.CH4S/c1-4-5-6-11-22-15-23(21(22)24)20-9-7-18(8-10-20)19-13-16(2)12-17(3)14-19;2*1-2/h7-10,12-14H,4-6,11,15H2,1-3H3;1-2H3;2H,1H3. The lowest BCUT2D eigenvalue weighted by Crippen LogP contribution is -2.60. The molecule has 0 radical (unpaired) electrons. The van der Waals surface area contributed by atoms with Gasteiger partial charge in [0.15, 0.2) is 0 Å². The molecule has 3 rings (SSSR count). The van der Waals surface area contributed by atoms with Gasteiger partial charge in [0.25, 0.3) is 0 Å². The van der Waals surface area contributed by atoms with Crippen LogP contribution >= 0.6 is 12.6 Å². The molecule has 4 heteroatoms. The van der Waals surface area contributed by atoms with Gasteiger partial charge in [-0.15, -0.1) is 0 Å². The van der Waals surface area contributed by atoms with Gasteiger partial charge in [-0.25, -0.2) is 4.79 Å². The number of hydrogen-bond donors (Lipinski definition) is 1. The van der Waals surface area contributed by atoms with Gasteiger partial charge in [-0.1, -0.05) is 75.1 Å². The maximum atomic E-state index is 12.3. The average molecular weight is 401 g/mol. The Hall–Kier alpha value is -1.94. The molecule has 0 spiro atoms. The smallest absolute Gasteiger partial charge is 0.306 e. The summed E-state index contributed by atoms with van der Waals surface area (Å²) in [6, 6.07) is 15.0. The van der Waals surface area contributed by atoms with E-state index in [1.807, 2.05) is 35.8 Å². The zero-order valence-electron chi connectivity index (χ0n) is 18.3. The number of aryl methyl sites for hydroxylation is 2. The molecule has 1 saturated heterocycles. The maximum Gasteiger partial charge on any atom is 0.327 e. The van der Waals surface area contributed by atoms with Crippen molar-refractivity contribution in [3.05, 3.63) is 53.6 Å². The van der Waals surface area contributed by atoms with Gasteiger partial charge >= 0.3 is 6.03 Å². The fourth-order valence-corrected chi connectivity index (χ4v) is 3.27. The lowest BCUT2D eigenvalue weighted by Gasteiger charge is -2.42. The molecule has 1 fully saturated rings. The van der Waals surface area contributed by atoms with Crippen LogP contribution in [0.3, 0.4) is 0 Å². The highest BCUT2D eigenvalue weighted by Gasteiger charge is 2.33. The molecule has 0 saturated carbocycles. The van der Waals surface area contributed by atoms with Crippen LogP contribution in [0.4, 0.5) is 10.5 Å². The minimum Gasteiger partial charge on any atom is -0.306 e. The number of amides is 2. The van der Waals surface area contributed by atoms with Crippen molar-refractivity contribution in [2.45, 2.75) is 53.9 Å². The number of carbonyl (C=O) groups is 1. The van der Waals surface area contributed by atoms with E-state index in [0.29, 0.717) is 6.67 Å². The monoisotopic (exact) mass is 400 g/mol. The number of benzene rings is 2. The normalized spacial score (nSPS) is 12.5. The second-order valence-electron chi connectivity index (χ2n) is 6.75. The lowest BCUT2D eigenvalue weighted by molar-refractivity contribution is 0.173. The molecule has 3 nitrogen and oxygen atoms in total. The third-order valence-corrected chi connectivity index (χ3v) is 4.58. The van der Waals surface area contributed by atoms with Crippen LogP contribution in [0.15, 0.2) is 42.5 Å². The van der Waals surface area contributed by atoms with E-state index in [-0.39, 0.29) is 6.03 Å². The van der Waals surface area contributed by atoms with Gasteiger partial charge in [0.05, 0.1) is 0 Å². The number of carbonyl (C=O) groups excluding carboxylic acids is 1. The highest BCUT2D eigenvalue weighted by atomic mass is 32.1. The summed E-state index contributed by atoms with van der Waals surface area (Å²) >= 11 is 3.53. The summed E-state index contributed by atoms with van der Waals surface area (Å²) in [7, 11) is 0. The number of urea groups is 1. The quantitative estimate of drug-likeness (QED) is 0.412. The highest BCUT2D eigenvalue weighted by molar-refractivity contribution is 7.79. The molecule has 154 valence electrons. The number of thiol groups is 1. The first-order valence-corrected chi connectivity index (χ1v) is 11.2. The van der Waals surface area contributed by atoms with E-state index in [1.165, 1.54) is 35.1 Å². The number of anilines is 1. The fourth-order valence-electron chi connectivity index (χ4n) is 3.27. The van der Waals surface area contributed by atoms with Crippen LogP contribution in [0, 0.1) is 13.8 Å². The third kappa shape index (κ3) is 6.30. The molecule has 0 unspecified atom stereocenters. The topological polar surface area (TPSA) is 23.6 Å². The molecule has 0 atom stereocenters. The summed E-state index contributed by atoms with van der Waals surface area (Å²) in [5.74, 6) is 0. The van der Waals surface area contributed by atoms with Crippen LogP contribution < -0.4 is 4.90 Å². The summed E-state index contributed by atoms with van der Waals surface area (Å²) in [5, 5.41) is 0. The van der Waals surface area contributed by atoms with E-state index in [0.717, 1.165) is 18.7 Å². The maximum absolute atomic E-state index is 12.3. The van der Waals surface area contributed by atoms with Crippen LogP contribution in [-0.4, -0.2) is 30.4 Å². The van der Waals surface area contributed by atoms with Crippen LogP contribution in [0.1, 0.15) is 51.2 Å². The van der Waals surface area contributed by atoms with E-state index >= 15 is 0 Å². The SMILES string of the molecule is CC.CCCCCN1CN(c2ccc(-c3cc(C)cc(C)c3)cc2)C1=O.CS. The summed E-state index contributed by atoms with van der Waals surface area (Å²) in [4.78, 5) is 16.0. The van der Waals surface area contributed by atoms with Gasteiger partial charge < -0.3 is 4.90 Å². The largest absolute Gasteiger partial charge is 0.327 e. The van der Waals surface area contributed by atoms with E-state index in [4.69, 9.17) is 0 Å². The molecule has 0 aliphatic carbocycles. The van der Waals surface area contributed by atoms with Crippen LogP contribution in [-0.2, 0) is 0 Å². The van der Waals surface area contributed by atoms with Gasteiger partial charge in [-0.2, -0.15) is 12.6 Å². The molecule has 1 aliphatic rings. The first-order valence-electron chi connectivity index (χ1n) is 10.3. The Morgan fingerprint density at radius 2 is 1.46 bits per heavy atom. The molecule has 0 aromatic heterocycles. The number of nitrogens with zero attached hydrogens (tertiary/aromatic N) is 2. The van der Waals surface area contributed by atoms with Crippen molar-refractivity contribution in [1.29, 1.82) is 0 Å². The van der Waals surface area contributed by atoms with Gasteiger partial charge in [0, 0.05) is 12.2 Å². The van der Waals surface area contributed by atoms with E-state index < -0.39 is 0 Å². The van der Waals surface area contributed by atoms with Crippen LogP contribution in [0.2, 0.25) is 0 Å². The number of rotatable bonds is 6. The highest BCUT2D eigenvalue weighted by Crippen LogP contribution is 2.28. The van der Waals surface area contributed by atoms with E-state index in [2.05, 4.69) is 63.7 Å². The second-order valence-corrected chi connectivity index (χ2v) is 6.75. The zero-order valence-corrected chi connectivity index (χ0v) is 19.2. The first kappa shape index (κ1) is 24.1. The Morgan fingerprint density at radius 1 is 0.893 bits per heavy atom. The van der Waals surface area contributed by atoms with Gasteiger partial charge in [-0.3, -0.25) is 4.90 Å². The summed E-state index contributed by atoms with van der Waals surface area (Å²) < 4.78 is 0. The van der Waals surface area contributed by atoms with Crippen LogP contribution in [0.25, 0.3) is 11.1 Å². The Labute approximate surface area is 177 Å². The predicted octanol–water partition coefficient (Wildman–Crippen LogP) is 6.93.